The lowest BCUT2D eigenvalue weighted by Gasteiger charge is -2.35. The molecular weight excluding hydrogens is 344 g/mol. The Bertz CT molecular complexity index is 915. The van der Waals surface area contributed by atoms with Crippen LogP contribution in [0.15, 0.2) is 60.9 Å². The fourth-order valence-corrected chi connectivity index (χ4v) is 4.12. The van der Waals surface area contributed by atoms with Gasteiger partial charge < -0.3 is 9.80 Å². The van der Waals surface area contributed by atoms with Crippen molar-refractivity contribution in [2.75, 3.05) is 33.2 Å². The second-order valence-electron chi connectivity index (χ2n) is 7.80. The zero-order chi connectivity index (χ0) is 19.3. The Balaban J connectivity index is 1.64. The summed E-state index contributed by atoms with van der Waals surface area (Å²) in [4.78, 5) is 9.39. The van der Waals surface area contributed by atoms with Gasteiger partial charge in [-0.05, 0) is 74.3 Å². The van der Waals surface area contributed by atoms with Crippen molar-refractivity contribution in [2.24, 2.45) is 5.92 Å². The summed E-state index contributed by atoms with van der Waals surface area (Å²) in [7, 11) is 2.20. The zero-order valence-corrected chi connectivity index (χ0v) is 16.4. The van der Waals surface area contributed by atoms with Crippen LogP contribution in [0.1, 0.15) is 29.7 Å². The molecule has 0 amide bonds. The molecule has 0 spiro atoms. The minimum atomic E-state index is 0.711. The van der Waals surface area contributed by atoms with Gasteiger partial charge in [-0.1, -0.05) is 24.3 Å². The molecule has 4 rings (SSSR count). The number of benzene rings is 1. The van der Waals surface area contributed by atoms with E-state index in [1.807, 2.05) is 36.5 Å². The van der Waals surface area contributed by atoms with E-state index in [1.54, 1.807) is 0 Å². The van der Waals surface area contributed by atoms with Crippen LogP contribution in [0.3, 0.4) is 0 Å². The van der Waals surface area contributed by atoms with Crippen LogP contribution in [0.25, 0.3) is 11.1 Å². The van der Waals surface area contributed by atoms with Crippen LogP contribution >= 0.6 is 0 Å². The molecule has 0 aliphatic carbocycles. The molecule has 1 fully saturated rings. The van der Waals surface area contributed by atoms with Gasteiger partial charge in [0.25, 0.3) is 0 Å². The van der Waals surface area contributed by atoms with Crippen LogP contribution in [-0.4, -0.2) is 48.0 Å². The van der Waals surface area contributed by atoms with Crippen LogP contribution in [0.2, 0.25) is 0 Å². The fraction of sp³-hybridized carbons (Fsp3) is 0.333. The van der Waals surface area contributed by atoms with E-state index in [0.29, 0.717) is 5.92 Å². The third kappa shape index (κ3) is 4.16. The minimum absolute atomic E-state index is 0.711. The maximum atomic E-state index is 9.56. The lowest BCUT2D eigenvalue weighted by Crippen LogP contribution is -2.36. The van der Waals surface area contributed by atoms with E-state index in [4.69, 9.17) is 0 Å². The quantitative estimate of drug-likeness (QED) is 0.815. The van der Waals surface area contributed by atoms with Gasteiger partial charge in [-0.25, -0.2) is 0 Å². The van der Waals surface area contributed by atoms with Crippen molar-refractivity contribution in [2.45, 2.75) is 12.8 Å². The molecule has 3 heterocycles. The minimum Gasteiger partial charge on any atom is -0.372 e. The highest BCUT2D eigenvalue weighted by Gasteiger charge is 2.22. The van der Waals surface area contributed by atoms with E-state index in [0.717, 1.165) is 35.5 Å². The van der Waals surface area contributed by atoms with E-state index in [1.165, 1.54) is 31.5 Å². The summed E-state index contributed by atoms with van der Waals surface area (Å²) >= 11 is 0. The lowest BCUT2D eigenvalue weighted by atomic mass is 9.92. The number of rotatable bonds is 4. The molecule has 2 aliphatic heterocycles. The smallest absolute Gasteiger partial charge is 0.0998 e. The average Bonchev–Trinajstić information content (AvgIpc) is 2.76. The standard InChI is InChI=1S/C24H26N4/c1-27-12-9-19(10-13-27)16-28-17-21(23-7-3-2-6-20(23)15-25)14-22(18-28)24-8-4-5-11-26-24/h2-8,11,14,18-19H,9-10,12-13,16-17H2,1H3. The second kappa shape index (κ2) is 8.41. The summed E-state index contributed by atoms with van der Waals surface area (Å²) in [5.41, 5.74) is 5.04. The lowest BCUT2D eigenvalue weighted by molar-refractivity contribution is 0.191. The van der Waals surface area contributed by atoms with Crippen LogP contribution in [-0.2, 0) is 0 Å². The van der Waals surface area contributed by atoms with Gasteiger partial charge >= 0.3 is 0 Å². The maximum absolute atomic E-state index is 9.56. The van der Waals surface area contributed by atoms with Gasteiger partial charge in [-0.15, -0.1) is 0 Å². The summed E-state index contributed by atoms with van der Waals surface area (Å²) in [5, 5.41) is 9.56. The SMILES string of the molecule is CN1CCC(CN2C=C(c3ccccn3)C=C(c3ccccc3C#N)C2)CC1. The number of nitriles is 1. The molecule has 0 N–H and O–H groups in total. The molecule has 0 atom stereocenters. The van der Waals surface area contributed by atoms with Crippen molar-refractivity contribution in [1.82, 2.24) is 14.8 Å². The van der Waals surface area contributed by atoms with Crippen LogP contribution in [0.5, 0.6) is 0 Å². The zero-order valence-electron chi connectivity index (χ0n) is 16.4. The van der Waals surface area contributed by atoms with Crippen molar-refractivity contribution in [3.63, 3.8) is 0 Å². The average molecular weight is 371 g/mol. The number of hydrogen-bond acceptors (Lipinski definition) is 4. The van der Waals surface area contributed by atoms with Crippen molar-refractivity contribution in [3.8, 4) is 6.07 Å². The van der Waals surface area contributed by atoms with Crippen molar-refractivity contribution >= 4 is 11.1 Å². The number of allylic oxidation sites excluding steroid dienone is 2. The Hall–Kier alpha value is -2.90. The molecule has 1 saturated heterocycles. The van der Waals surface area contributed by atoms with Crippen molar-refractivity contribution in [3.05, 3.63) is 77.8 Å². The maximum Gasteiger partial charge on any atom is 0.0998 e. The number of hydrogen-bond donors (Lipinski definition) is 0. The molecule has 142 valence electrons. The van der Waals surface area contributed by atoms with E-state index in [9.17, 15) is 5.26 Å². The topological polar surface area (TPSA) is 43.2 Å². The second-order valence-corrected chi connectivity index (χ2v) is 7.80. The first-order valence-corrected chi connectivity index (χ1v) is 9.99. The van der Waals surface area contributed by atoms with Gasteiger partial charge in [0.15, 0.2) is 0 Å². The Kier molecular flexibility index (Phi) is 5.55. The Labute approximate surface area is 167 Å². The molecule has 0 saturated carbocycles. The van der Waals surface area contributed by atoms with E-state index < -0.39 is 0 Å². The molecule has 2 aromatic rings. The number of nitrogens with zero attached hydrogens (tertiary/aromatic N) is 4. The molecule has 0 unspecified atom stereocenters. The van der Waals surface area contributed by atoms with Gasteiger partial charge in [0.1, 0.15) is 0 Å². The molecule has 28 heavy (non-hydrogen) atoms. The van der Waals surface area contributed by atoms with Crippen LogP contribution in [0.4, 0.5) is 0 Å². The van der Waals surface area contributed by atoms with E-state index in [2.05, 4.69) is 52.3 Å². The van der Waals surface area contributed by atoms with Crippen molar-refractivity contribution < 1.29 is 0 Å². The number of pyridine rings is 1. The molecule has 0 radical (unpaired) electrons. The highest BCUT2D eigenvalue weighted by atomic mass is 15.1. The highest BCUT2D eigenvalue weighted by molar-refractivity contribution is 5.86. The van der Waals surface area contributed by atoms with Gasteiger partial charge in [-0.3, -0.25) is 4.98 Å². The fourth-order valence-electron chi connectivity index (χ4n) is 4.12. The molecule has 1 aromatic carbocycles. The van der Waals surface area contributed by atoms with Crippen LogP contribution in [0, 0.1) is 17.2 Å². The molecule has 1 aromatic heterocycles. The first-order valence-electron chi connectivity index (χ1n) is 9.99. The molecule has 2 aliphatic rings. The molecular formula is C24H26N4. The third-order valence-corrected chi connectivity index (χ3v) is 5.71. The normalized spacial score (nSPS) is 18.4. The summed E-state index contributed by atoms with van der Waals surface area (Å²) in [6.45, 7) is 4.24. The first kappa shape index (κ1) is 18.5. The first-order chi connectivity index (χ1) is 13.7. The summed E-state index contributed by atoms with van der Waals surface area (Å²) in [6, 6.07) is 16.3. The van der Waals surface area contributed by atoms with E-state index in [-0.39, 0.29) is 0 Å². The van der Waals surface area contributed by atoms with E-state index >= 15 is 0 Å². The third-order valence-electron chi connectivity index (χ3n) is 5.71. The summed E-state index contributed by atoms with van der Waals surface area (Å²) in [5.74, 6) is 0.711. The van der Waals surface area contributed by atoms with Gasteiger partial charge in [0.05, 0.1) is 17.3 Å². The number of aromatic nitrogens is 1. The number of likely N-dealkylation sites (tertiary alicyclic amines) is 1. The van der Waals surface area contributed by atoms with Crippen molar-refractivity contribution in [1.29, 1.82) is 5.26 Å². The summed E-state index contributed by atoms with van der Waals surface area (Å²) < 4.78 is 0. The van der Waals surface area contributed by atoms with Gasteiger partial charge in [0.2, 0.25) is 0 Å². The Morgan fingerprint density at radius 3 is 2.64 bits per heavy atom. The largest absolute Gasteiger partial charge is 0.372 e. The predicted molar refractivity (Wildman–Crippen MR) is 113 cm³/mol. The molecule has 4 nitrogen and oxygen atoms in total. The Morgan fingerprint density at radius 2 is 1.89 bits per heavy atom. The van der Waals surface area contributed by atoms with Gasteiger partial charge in [-0.2, -0.15) is 5.26 Å². The summed E-state index contributed by atoms with van der Waals surface area (Å²) in [6.07, 6.45) is 8.77. The molecule has 4 heteroatoms. The predicted octanol–water partition coefficient (Wildman–Crippen LogP) is 4.04. The van der Waals surface area contributed by atoms with Crippen LogP contribution < -0.4 is 0 Å². The number of piperidine rings is 1. The highest BCUT2D eigenvalue weighted by Crippen LogP contribution is 2.30. The van der Waals surface area contributed by atoms with Gasteiger partial charge in [0, 0.05) is 31.1 Å². The molecule has 0 bridgehead atoms. The monoisotopic (exact) mass is 370 g/mol. The Morgan fingerprint density at radius 1 is 1.11 bits per heavy atom.